The molecular formula is C12H15N5S. The molecule has 94 valence electrons. The number of anilines is 1. The molecule has 6 heteroatoms. The second-order valence-electron chi connectivity index (χ2n) is 4.07. The first-order chi connectivity index (χ1) is 8.58. The van der Waals surface area contributed by atoms with Gasteiger partial charge in [0.2, 0.25) is 0 Å². The zero-order valence-electron chi connectivity index (χ0n) is 10.4. The molecule has 2 aromatic rings. The summed E-state index contributed by atoms with van der Waals surface area (Å²) in [6, 6.07) is 3.80. The minimum atomic E-state index is 0.308. The van der Waals surface area contributed by atoms with Crippen LogP contribution in [0.15, 0.2) is 30.7 Å². The number of aryl methyl sites for hydroxylation is 1. The summed E-state index contributed by atoms with van der Waals surface area (Å²) in [4.78, 5) is 10.8. The molecule has 0 bridgehead atoms. The summed E-state index contributed by atoms with van der Waals surface area (Å²) >= 11 is 4.93. The van der Waals surface area contributed by atoms with Crippen LogP contribution in [0.5, 0.6) is 0 Å². The SMILES string of the molecule is CN(Cc1nccn1C)c1ccnc(C(N)=S)c1. The van der Waals surface area contributed by atoms with Crippen molar-refractivity contribution in [1.82, 2.24) is 14.5 Å². The Morgan fingerprint density at radius 3 is 2.83 bits per heavy atom. The minimum Gasteiger partial charge on any atom is -0.388 e. The van der Waals surface area contributed by atoms with E-state index in [1.807, 2.05) is 37.0 Å². The largest absolute Gasteiger partial charge is 0.388 e. The maximum Gasteiger partial charge on any atom is 0.127 e. The van der Waals surface area contributed by atoms with Gasteiger partial charge in [-0.2, -0.15) is 0 Å². The lowest BCUT2D eigenvalue weighted by Crippen LogP contribution is -2.20. The molecule has 18 heavy (non-hydrogen) atoms. The van der Waals surface area contributed by atoms with Crippen molar-refractivity contribution in [3.63, 3.8) is 0 Å². The van der Waals surface area contributed by atoms with Crippen LogP contribution in [0, 0.1) is 0 Å². The molecular weight excluding hydrogens is 246 g/mol. The Kier molecular flexibility index (Phi) is 3.57. The molecule has 0 aromatic carbocycles. The smallest absolute Gasteiger partial charge is 0.127 e. The van der Waals surface area contributed by atoms with Crippen LogP contribution < -0.4 is 10.6 Å². The Bertz CT molecular complexity index is 563. The summed E-state index contributed by atoms with van der Waals surface area (Å²) in [5.41, 5.74) is 7.22. The van der Waals surface area contributed by atoms with Crippen molar-refractivity contribution >= 4 is 22.9 Å². The third-order valence-corrected chi connectivity index (χ3v) is 2.95. The molecule has 0 amide bonds. The van der Waals surface area contributed by atoms with E-state index in [1.54, 1.807) is 12.4 Å². The Morgan fingerprint density at radius 1 is 1.44 bits per heavy atom. The number of aromatic nitrogens is 3. The second-order valence-corrected chi connectivity index (χ2v) is 4.51. The van der Waals surface area contributed by atoms with E-state index in [0.717, 1.165) is 11.5 Å². The van der Waals surface area contributed by atoms with Gasteiger partial charge in [-0.1, -0.05) is 12.2 Å². The van der Waals surface area contributed by atoms with Gasteiger partial charge in [-0.05, 0) is 12.1 Å². The molecule has 0 spiro atoms. The molecule has 2 heterocycles. The number of imidazole rings is 1. The molecule has 0 aliphatic rings. The topological polar surface area (TPSA) is 60.0 Å². The van der Waals surface area contributed by atoms with E-state index < -0.39 is 0 Å². The lowest BCUT2D eigenvalue weighted by Gasteiger charge is -2.19. The van der Waals surface area contributed by atoms with Crippen molar-refractivity contribution in [3.8, 4) is 0 Å². The average Bonchev–Trinajstić information content (AvgIpc) is 2.75. The van der Waals surface area contributed by atoms with Crippen molar-refractivity contribution in [2.24, 2.45) is 12.8 Å². The highest BCUT2D eigenvalue weighted by atomic mass is 32.1. The van der Waals surface area contributed by atoms with Crippen LogP contribution in [0.2, 0.25) is 0 Å². The predicted octanol–water partition coefficient (Wildman–Crippen LogP) is 1.09. The zero-order chi connectivity index (χ0) is 13.1. The van der Waals surface area contributed by atoms with Gasteiger partial charge in [-0.15, -0.1) is 0 Å². The van der Waals surface area contributed by atoms with Gasteiger partial charge in [0, 0.05) is 38.4 Å². The third kappa shape index (κ3) is 2.65. The molecule has 2 rings (SSSR count). The van der Waals surface area contributed by atoms with Gasteiger partial charge in [0.25, 0.3) is 0 Å². The van der Waals surface area contributed by atoms with Gasteiger partial charge in [0.05, 0.1) is 12.2 Å². The standard InChI is InChI=1S/C12H15N5S/c1-16-6-5-15-11(16)8-17(2)9-3-4-14-10(7-9)12(13)18/h3-7H,8H2,1-2H3,(H2,13,18). The first-order valence-corrected chi connectivity index (χ1v) is 5.92. The Balaban J connectivity index is 2.18. The molecule has 0 fully saturated rings. The number of hydrogen-bond acceptors (Lipinski definition) is 4. The first-order valence-electron chi connectivity index (χ1n) is 5.51. The van der Waals surface area contributed by atoms with Crippen molar-refractivity contribution in [2.45, 2.75) is 6.54 Å². The van der Waals surface area contributed by atoms with Gasteiger partial charge in [0.15, 0.2) is 0 Å². The van der Waals surface area contributed by atoms with Gasteiger partial charge < -0.3 is 15.2 Å². The monoisotopic (exact) mass is 261 g/mol. The molecule has 0 aliphatic heterocycles. The number of pyridine rings is 1. The summed E-state index contributed by atoms with van der Waals surface area (Å²) in [5, 5.41) is 0. The van der Waals surface area contributed by atoms with Gasteiger partial charge in [-0.25, -0.2) is 4.98 Å². The molecule has 0 aliphatic carbocycles. The molecule has 2 N–H and O–H groups in total. The molecule has 0 saturated carbocycles. The van der Waals surface area contributed by atoms with Crippen molar-refractivity contribution < 1.29 is 0 Å². The second kappa shape index (κ2) is 5.14. The van der Waals surface area contributed by atoms with E-state index in [-0.39, 0.29) is 0 Å². The fourth-order valence-electron chi connectivity index (χ4n) is 1.64. The van der Waals surface area contributed by atoms with E-state index >= 15 is 0 Å². The van der Waals surface area contributed by atoms with Crippen LogP contribution >= 0.6 is 12.2 Å². The highest BCUT2D eigenvalue weighted by molar-refractivity contribution is 7.80. The number of nitrogens with zero attached hydrogens (tertiary/aromatic N) is 4. The normalized spacial score (nSPS) is 10.3. The number of rotatable bonds is 4. The van der Waals surface area contributed by atoms with Crippen LogP contribution in [-0.4, -0.2) is 26.6 Å². The molecule has 0 atom stereocenters. The van der Waals surface area contributed by atoms with E-state index in [2.05, 4.69) is 14.9 Å². The van der Waals surface area contributed by atoms with Crippen molar-refractivity contribution in [2.75, 3.05) is 11.9 Å². The van der Waals surface area contributed by atoms with Crippen molar-refractivity contribution in [3.05, 3.63) is 42.2 Å². The van der Waals surface area contributed by atoms with Crippen LogP contribution in [0.25, 0.3) is 0 Å². The van der Waals surface area contributed by atoms with Crippen LogP contribution in [0.3, 0.4) is 0 Å². The maximum absolute atomic E-state index is 5.58. The van der Waals surface area contributed by atoms with Crippen LogP contribution in [0.1, 0.15) is 11.5 Å². The lowest BCUT2D eigenvalue weighted by atomic mass is 10.3. The summed E-state index contributed by atoms with van der Waals surface area (Å²) in [7, 11) is 3.97. The Morgan fingerprint density at radius 2 is 2.22 bits per heavy atom. The van der Waals surface area contributed by atoms with E-state index in [1.165, 1.54) is 0 Å². The fourth-order valence-corrected chi connectivity index (χ4v) is 1.76. The zero-order valence-corrected chi connectivity index (χ0v) is 11.2. The van der Waals surface area contributed by atoms with E-state index in [9.17, 15) is 0 Å². The van der Waals surface area contributed by atoms with E-state index in [0.29, 0.717) is 17.2 Å². The third-order valence-electron chi connectivity index (χ3n) is 2.74. The predicted molar refractivity (Wildman–Crippen MR) is 75.4 cm³/mol. The quantitative estimate of drug-likeness (QED) is 0.835. The number of thiocarbonyl (C=S) groups is 1. The summed E-state index contributed by atoms with van der Waals surface area (Å²) in [6.45, 7) is 0.713. The first kappa shape index (κ1) is 12.5. The summed E-state index contributed by atoms with van der Waals surface area (Å²) < 4.78 is 1.99. The van der Waals surface area contributed by atoms with Gasteiger partial charge >= 0.3 is 0 Å². The highest BCUT2D eigenvalue weighted by Gasteiger charge is 2.07. The summed E-state index contributed by atoms with van der Waals surface area (Å²) in [6.07, 6.45) is 5.42. The number of nitrogens with two attached hydrogens (primary N) is 1. The number of hydrogen-bond donors (Lipinski definition) is 1. The minimum absolute atomic E-state index is 0.308. The lowest BCUT2D eigenvalue weighted by molar-refractivity contribution is 0.761. The highest BCUT2D eigenvalue weighted by Crippen LogP contribution is 2.15. The molecule has 0 unspecified atom stereocenters. The molecule has 2 aromatic heterocycles. The summed E-state index contributed by atoms with van der Waals surface area (Å²) in [5.74, 6) is 0.992. The molecule has 0 radical (unpaired) electrons. The Hall–Kier alpha value is -1.95. The van der Waals surface area contributed by atoms with Crippen molar-refractivity contribution in [1.29, 1.82) is 0 Å². The fraction of sp³-hybridized carbons (Fsp3) is 0.250. The molecule has 0 saturated heterocycles. The van der Waals surface area contributed by atoms with Crippen LogP contribution in [0.4, 0.5) is 5.69 Å². The van der Waals surface area contributed by atoms with E-state index in [4.69, 9.17) is 18.0 Å². The molecule has 5 nitrogen and oxygen atoms in total. The average molecular weight is 261 g/mol. The Labute approximate surface area is 111 Å². The van der Waals surface area contributed by atoms with Crippen LogP contribution in [-0.2, 0) is 13.6 Å². The maximum atomic E-state index is 5.58. The van der Waals surface area contributed by atoms with Gasteiger partial charge in [0.1, 0.15) is 10.8 Å². The van der Waals surface area contributed by atoms with Gasteiger partial charge in [-0.3, -0.25) is 4.98 Å².